The molecule has 9 heteroatoms. The molecule has 0 saturated carbocycles. The molecular weight excluding hydrogens is 446 g/mol. The van der Waals surface area contributed by atoms with Gasteiger partial charge in [0.1, 0.15) is 5.00 Å². The van der Waals surface area contributed by atoms with Gasteiger partial charge in [-0.15, -0.1) is 11.3 Å². The zero-order valence-electron chi connectivity index (χ0n) is 17.7. The maximum absolute atomic E-state index is 13.1. The Labute approximate surface area is 190 Å². The number of sulfonamides is 1. The topological polar surface area (TPSA) is 110 Å². The van der Waals surface area contributed by atoms with Crippen molar-refractivity contribution in [1.29, 1.82) is 0 Å². The van der Waals surface area contributed by atoms with Crippen LogP contribution in [0.2, 0.25) is 0 Å². The zero-order valence-corrected chi connectivity index (χ0v) is 19.3. The van der Waals surface area contributed by atoms with Crippen LogP contribution in [0.15, 0.2) is 53.4 Å². The van der Waals surface area contributed by atoms with Gasteiger partial charge in [0.2, 0.25) is 10.0 Å². The van der Waals surface area contributed by atoms with Crippen molar-refractivity contribution in [2.24, 2.45) is 5.73 Å². The van der Waals surface area contributed by atoms with Crippen molar-refractivity contribution in [3.05, 3.63) is 81.2 Å². The maximum atomic E-state index is 13.1. The minimum absolute atomic E-state index is 0.133. The number of rotatable bonds is 5. The molecule has 2 amide bonds. The van der Waals surface area contributed by atoms with Crippen molar-refractivity contribution in [3.63, 3.8) is 0 Å². The minimum atomic E-state index is -3.68. The Kier molecular flexibility index (Phi) is 5.89. The van der Waals surface area contributed by atoms with Crippen LogP contribution in [-0.4, -0.2) is 31.1 Å². The number of benzene rings is 2. The average molecular weight is 470 g/mol. The number of carbonyl (C=O) groups is 2. The third-order valence-corrected chi connectivity index (χ3v) is 8.69. The van der Waals surface area contributed by atoms with Crippen LogP contribution in [-0.2, 0) is 23.0 Å². The Morgan fingerprint density at radius 3 is 2.34 bits per heavy atom. The van der Waals surface area contributed by atoms with Crippen molar-refractivity contribution in [3.8, 4) is 0 Å². The lowest BCUT2D eigenvalue weighted by Crippen LogP contribution is -2.35. The van der Waals surface area contributed by atoms with Crippen LogP contribution in [0, 0.1) is 13.8 Å². The molecule has 0 spiro atoms. The highest BCUT2D eigenvalue weighted by molar-refractivity contribution is 7.89. The van der Waals surface area contributed by atoms with Gasteiger partial charge in [-0.25, -0.2) is 8.42 Å². The summed E-state index contributed by atoms with van der Waals surface area (Å²) < 4.78 is 27.7. The number of primary amides is 1. The van der Waals surface area contributed by atoms with Gasteiger partial charge in [-0.1, -0.05) is 24.3 Å². The summed E-state index contributed by atoms with van der Waals surface area (Å²) in [5.74, 6) is -1.05. The molecule has 1 aliphatic rings. The fourth-order valence-electron chi connectivity index (χ4n) is 3.79. The standard InChI is InChI=1S/C23H23N3O4S2/c1-14-15(2)31-23(20(14)21(24)27)25-22(28)17-7-9-19(10-8-17)32(29,30)26-12-11-16-5-3-4-6-18(16)13-26/h3-10H,11-13H2,1-2H3,(H2,24,27)(H,25,28). The van der Waals surface area contributed by atoms with Crippen LogP contribution in [0.25, 0.3) is 0 Å². The Hall–Kier alpha value is -3.01. The number of fused-ring (bicyclic) bond motifs is 1. The Bertz CT molecular complexity index is 1310. The average Bonchev–Trinajstić information content (AvgIpc) is 3.06. The molecule has 4 rings (SSSR count). The summed E-state index contributed by atoms with van der Waals surface area (Å²) in [7, 11) is -3.68. The van der Waals surface area contributed by atoms with Crippen molar-refractivity contribution >= 4 is 38.2 Å². The molecule has 2 heterocycles. The summed E-state index contributed by atoms with van der Waals surface area (Å²) in [6.45, 7) is 4.36. The molecule has 0 saturated heterocycles. The molecule has 3 aromatic rings. The predicted octanol–water partition coefficient (Wildman–Crippen LogP) is 3.46. The third-order valence-electron chi connectivity index (χ3n) is 5.71. The maximum Gasteiger partial charge on any atom is 0.256 e. The summed E-state index contributed by atoms with van der Waals surface area (Å²) in [5, 5.41) is 3.11. The largest absolute Gasteiger partial charge is 0.365 e. The van der Waals surface area contributed by atoms with E-state index in [1.54, 1.807) is 6.92 Å². The summed E-state index contributed by atoms with van der Waals surface area (Å²) in [5.41, 5.74) is 8.95. The zero-order chi connectivity index (χ0) is 23.0. The number of nitrogens with two attached hydrogens (primary N) is 1. The number of nitrogens with zero attached hydrogens (tertiary/aromatic N) is 1. The van der Waals surface area contributed by atoms with Crippen molar-refractivity contribution < 1.29 is 18.0 Å². The highest BCUT2D eigenvalue weighted by atomic mass is 32.2. The molecule has 3 N–H and O–H groups in total. The molecule has 2 aromatic carbocycles. The number of anilines is 1. The van der Waals surface area contributed by atoms with E-state index in [9.17, 15) is 18.0 Å². The van der Waals surface area contributed by atoms with E-state index in [0.29, 0.717) is 30.1 Å². The lowest BCUT2D eigenvalue weighted by molar-refractivity contribution is 0.100. The van der Waals surface area contributed by atoms with Crippen LogP contribution in [0.4, 0.5) is 5.00 Å². The summed E-state index contributed by atoms with van der Waals surface area (Å²) in [6.07, 6.45) is 0.664. The number of hydrogen-bond donors (Lipinski definition) is 2. The molecule has 1 aliphatic heterocycles. The molecule has 0 fully saturated rings. The molecule has 0 atom stereocenters. The molecule has 32 heavy (non-hydrogen) atoms. The van der Waals surface area contributed by atoms with E-state index in [1.807, 2.05) is 31.2 Å². The van der Waals surface area contributed by atoms with E-state index < -0.39 is 21.8 Å². The lowest BCUT2D eigenvalue weighted by Gasteiger charge is -2.28. The van der Waals surface area contributed by atoms with E-state index in [4.69, 9.17) is 5.73 Å². The van der Waals surface area contributed by atoms with Crippen molar-refractivity contribution in [2.75, 3.05) is 11.9 Å². The van der Waals surface area contributed by atoms with E-state index in [0.717, 1.165) is 16.0 Å². The van der Waals surface area contributed by atoms with Gasteiger partial charge in [-0.3, -0.25) is 9.59 Å². The predicted molar refractivity (Wildman–Crippen MR) is 124 cm³/mol. The van der Waals surface area contributed by atoms with E-state index >= 15 is 0 Å². The first-order valence-corrected chi connectivity index (χ1v) is 12.3. The van der Waals surface area contributed by atoms with Gasteiger partial charge in [0.15, 0.2) is 0 Å². The SMILES string of the molecule is Cc1sc(NC(=O)c2ccc(S(=O)(=O)N3CCc4ccccc4C3)cc2)c(C(N)=O)c1C. The van der Waals surface area contributed by atoms with Crippen LogP contribution in [0.5, 0.6) is 0 Å². The van der Waals surface area contributed by atoms with E-state index in [-0.39, 0.29) is 10.5 Å². The first-order chi connectivity index (χ1) is 15.2. The second kappa shape index (κ2) is 8.50. The summed E-state index contributed by atoms with van der Waals surface area (Å²) >= 11 is 1.28. The van der Waals surface area contributed by atoms with Gasteiger partial charge in [0.05, 0.1) is 10.5 Å². The molecule has 0 aliphatic carbocycles. The minimum Gasteiger partial charge on any atom is -0.365 e. The molecular formula is C23H23N3O4S2. The second-order valence-electron chi connectivity index (χ2n) is 7.69. The highest BCUT2D eigenvalue weighted by Crippen LogP contribution is 2.32. The van der Waals surface area contributed by atoms with Gasteiger partial charge in [0, 0.05) is 23.5 Å². The normalized spacial score (nSPS) is 14.1. The number of amides is 2. The summed E-state index contributed by atoms with van der Waals surface area (Å²) in [4.78, 5) is 25.5. The van der Waals surface area contributed by atoms with Crippen LogP contribution in [0.3, 0.4) is 0 Å². The van der Waals surface area contributed by atoms with Crippen molar-refractivity contribution in [2.45, 2.75) is 31.7 Å². The molecule has 0 unspecified atom stereocenters. The molecule has 7 nitrogen and oxygen atoms in total. The third kappa shape index (κ3) is 4.06. The Balaban J connectivity index is 1.53. The summed E-state index contributed by atoms with van der Waals surface area (Å²) in [6, 6.07) is 13.6. The number of hydrogen-bond acceptors (Lipinski definition) is 5. The van der Waals surface area contributed by atoms with Gasteiger partial charge >= 0.3 is 0 Å². The van der Waals surface area contributed by atoms with E-state index in [2.05, 4.69) is 5.32 Å². The lowest BCUT2D eigenvalue weighted by atomic mass is 10.0. The number of carbonyl (C=O) groups excluding carboxylic acids is 2. The monoisotopic (exact) mass is 469 g/mol. The number of nitrogens with one attached hydrogen (secondary N) is 1. The fraction of sp³-hybridized carbons (Fsp3) is 0.217. The highest BCUT2D eigenvalue weighted by Gasteiger charge is 2.28. The van der Waals surface area contributed by atoms with Gasteiger partial charge in [-0.05, 0) is 61.2 Å². The first-order valence-electron chi connectivity index (χ1n) is 10.1. The number of aryl methyl sites for hydroxylation is 1. The molecule has 0 bridgehead atoms. The number of thiophene rings is 1. The Morgan fingerprint density at radius 1 is 1.03 bits per heavy atom. The molecule has 166 valence electrons. The van der Waals surface area contributed by atoms with Crippen molar-refractivity contribution in [1.82, 2.24) is 4.31 Å². The smallest absolute Gasteiger partial charge is 0.256 e. The van der Waals surface area contributed by atoms with Gasteiger partial charge in [-0.2, -0.15) is 4.31 Å². The van der Waals surface area contributed by atoms with Crippen LogP contribution in [0.1, 0.15) is 42.3 Å². The first kappa shape index (κ1) is 22.2. The van der Waals surface area contributed by atoms with Crippen LogP contribution >= 0.6 is 11.3 Å². The van der Waals surface area contributed by atoms with E-state index in [1.165, 1.54) is 45.5 Å². The Morgan fingerprint density at radius 2 is 1.69 bits per heavy atom. The van der Waals surface area contributed by atoms with Gasteiger partial charge < -0.3 is 11.1 Å². The second-order valence-corrected chi connectivity index (χ2v) is 10.9. The molecule has 0 radical (unpaired) electrons. The molecule has 1 aromatic heterocycles. The fourth-order valence-corrected chi connectivity index (χ4v) is 6.27. The van der Waals surface area contributed by atoms with Gasteiger partial charge in [0.25, 0.3) is 11.8 Å². The van der Waals surface area contributed by atoms with Crippen LogP contribution < -0.4 is 11.1 Å². The quantitative estimate of drug-likeness (QED) is 0.596.